The van der Waals surface area contributed by atoms with E-state index < -0.39 is 92.0 Å². The molecular formula is C23H46N6O10. The molecule has 3 rings (SSSR count). The normalized spacial score (nSPS) is 44.1. The van der Waals surface area contributed by atoms with Gasteiger partial charge >= 0.3 is 0 Å². The zero-order valence-electron chi connectivity index (χ0n) is 22.2. The molecular weight excluding hydrogens is 520 g/mol. The Bertz CT molecular complexity index is 771. The summed E-state index contributed by atoms with van der Waals surface area (Å²) in [5, 5.41) is 43.4. The molecule has 0 spiro atoms. The Hall–Kier alpha value is -1.09. The molecule has 6 unspecified atom stereocenters. The molecule has 1 saturated carbocycles. The Labute approximate surface area is 227 Å². The maximum absolute atomic E-state index is 12.7. The molecule has 228 valence electrons. The molecule has 0 aromatic rings. The van der Waals surface area contributed by atoms with Gasteiger partial charge in [0.15, 0.2) is 12.6 Å². The predicted octanol–water partition coefficient (Wildman–Crippen LogP) is -5.75. The fraction of sp³-hybridized carbons (Fsp3) is 0.957. The first-order valence-electron chi connectivity index (χ1n) is 13.3. The van der Waals surface area contributed by atoms with Gasteiger partial charge in [-0.25, -0.2) is 0 Å². The molecule has 0 bridgehead atoms. The van der Waals surface area contributed by atoms with Crippen LogP contribution in [0, 0.1) is 0 Å². The van der Waals surface area contributed by atoms with Crippen molar-refractivity contribution in [1.82, 2.24) is 5.32 Å². The van der Waals surface area contributed by atoms with Gasteiger partial charge in [-0.15, -0.1) is 0 Å². The van der Waals surface area contributed by atoms with E-state index in [9.17, 15) is 25.2 Å². The Kier molecular flexibility index (Phi) is 12.2. The quantitative estimate of drug-likeness (QED) is 0.111. The first-order valence-corrected chi connectivity index (χ1v) is 13.3. The summed E-state index contributed by atoms with van der Waals surface area (Å²) in [4.78, 5) is 12.7. The number of carbonyl (C=O) groups excluding carboxylic acids is 1. The number of nitrogens with two attached hydrogens (primary N) is 5. The molecule has 3 aliphatic rings. The monoisotopic (exact) mass is 566 g/mol. The van der Waals surface area contributed by atoms with E-state index in [0.29, 0.717) is 12.8 Å². The Balaban J connectivity index is 1.87. The van der Waals surface area contributed by atoms with Gasteiger partial charge in [-0.05, 0) is 32.2 Å². The number of methoxy groups -OCH3 is 1. The summed E-state index contributed by atoms with van der Waals surface area (Å²) in [6.45, 7) is -0.205. The number of aliphatic hydroxyl groups is 4. The van der Waals surface area contributed by atoms with Crippen molar-refractivity contribution in [2.75, 3.05) is 26.8 Å². The van der Waals surface area contributed by atoms with Gasteiger partial charge in [0, 0.05) is 19.7 Å². The number of hydrogen-bond acceptors (Lipinski definition) is 15. The topological polar surface area (TPSA) is 286 Å². The van der Waals surface area contributed by atoms with Crippen LogP contribution in [0.1, 0.15) is 25.7 Å². The van der Waals surface area contributed by atoms with Gasteiger partial charge < -0.3 is 78.1 Å². The lowest BCUT2D eigenvalue weighted by Crippen LogP contribution is -2.69. The summed E-state index contributed by atoms with van der Waals surface area (Å²) in [5.41, 5.74) is 29.9. The predicted molar refractivity (Wildman–Crippen MR) is 135 cm³/mol. The number of nitrogens with one attached hydrogen (secondary N) is 1. The van der Waals surface area contributed by atoms with E-state index in [2.05, 4.69) is 5.32 Å². The minimum absolute atomic E-state index is 0.0319. The van der Waals surface area contributed by atoms with Crippen LogP contribution in [0.4, 0.5) is 0 Å². The zero-order valence-corrected chi connectivity index (χ0v) is 22.2. The molecule has 39 heavy (non-hydrogen) atoms. The van der Waals surface area contributed by atoms with E-state index in [0.717, 1.165) is 0 Å². The molecule has 0 radical (unpaired) electrons. The zero-order chi connectivity index (χ0) is 28.9. The Morgan fingerprint density at radius 2 is 1.69 bits per heavy atom. The SMILES string of the molecule is COC1C(O[C@@H]2OC(CN)CCC2N)[C@@H](N)C[C@@H](NC(=O)[C@@H](O)CCN)[C@H]1O[C@@H]1OC(CO)[C@H](O)[C@H](N)C1O. The average Bonchev–Trinajstić information content (AvgIpc) is 2.92. The maximum atomic E-state index is 12.7. The maximum Gasteiger partial charge on any atom is 0.249 e. The van der Waals surface area contributed by atoms with Crippen molar-refractivity contribution in [2.24, 2.45) is 28.7 Å². The summed E-state index contributed by atoms with van der Waals surface area (Å²) in [7, 11) is 1.39. The molecule has 2 saturated heterocycles. The lowest BCUT2D eigenvalue weighted by molar-refractivity contribution is -0.315. The second-order valence-electron chi connectivity index (χ2n) is 10.4. The lowest BCUT2D eigenvalue weighted by atomic mass is 9.83. The molecule has 1 amide bonds. The van der Waals surface area contributed by atoms with Crippen molar-refractivity contribution >= 4 is 5.91 Å². The van der Waals surface area contributed by atoms with Crippen molar-refractivity contribution in [1.29, 1.82) is 0 Å². The van der Waals surface area contributed by atoms with Crippen LogP contribution >= 0.6 is 0 Å². The largest absolute Gasteiger partial charge is 0.394 e. The number of aliphatic hydroxyl groups excluding tert-OH is 4. The molecule has 2 aliphatic heterocycles. The van der Waals surface area contributed by atoms with Gasteiger partial charge in [-0.2, -0.15) is 0 Å². The van der Waals surface area contributed by atoms with Crippen LogP contribution in [0.3, 0.4) is 0 Å². The van der Waals surface area contributed by atoms with Gasteiger partial charge in [0.25, 0.3) is 0 Å². The molecule has 15 N–H and O–H groups in total. The standard InChI is InChI=1S/C23H46N6O10/c1-35-20-18(38-22-10(26)3-2-9(7-25)36-22)11(27)6-12(29-21(34)13(31)4-5-24)19(20)39-23-17(33)15(28)16(32)14(8-30)37-23/h9-20,22-23,30-33H,2-8,24-28H2,1H3,(H,29,34)/t9?,10?,11-,12+,13-,14?,15-,16-,17?,18?,19+,20?,22-,23-/m0/s1. The number of amides is 1. The Morgan fingerprint density at radius 3 is 2.31 bits per heavy atom. The van der Waals surface area contributed by atoms with Crippen LogP contribution in [0.25, 0.3) is 0 Å². The first kappa shape index (κ1) is 32.4. The second-order valence-corrected chi connectivity index (χ2v) is 10.4. The second kappa shape index (κ2) is 14.7. The summed E-state index contributed by atoms with van der Waals surface area (Å²) < 4.78 is 29.7. The molecule has 0 aromatic carbocycles. The van der Waals surface area contributed by atoms with E-state index in [-0.39, 0.29) is 32.0 Å². The van der Waals surface area contributed by atoms with Crippen molar-refractivity contribution in [3.63, 3.8) is 0 Å². The summed E-state index contributed by atoms with van der Waals surface area (Å²) in [6, 6.07) is -3.18. The van der Waals surface area contributed by atoms with Crippen molar-refractivity contribution in [2.45, 2.75) is 111 Å². The van der Waals surface area contributed by atoms with Crippen LogP contribution in [0.5, 0.6) is 0 Å². The number of carbonyl (C=O) groups is 1. The minimum Gasteiger partial charge on any atom is -0.394 e. The smallest absolute Gasteiger partial charge is 0.249 e. The van der Waals surface area contributed by atoms with Crippen molar-refractivity contribution in [3.05, 3.63) is 0 Å². The van der Waals surface area contributed by atoms with E-state index in [1.54, 1.807) is 0 Å². The highest BCUT2D eigenvalue weighted by molar-refractivity contribution is 5.80. The summed E-state index contributed by atoms with van der Waals surface area (Å²) in [5.74, 6) is -0.700. The minimum atomic E-state index is -1.49. The van der Waals surface area contributed by atoms with E-state index in [4.69, 9.17) is 52.4 Å². The van der Waals surface area contributed by atoms with Crippen LogP contribution in [-0.4, -0.2) is 139 Å². The van der Waals surface area contributed by atoms with Crippen LogP contribution < -0.4 is 34.0 Å². The van der Waals surface area contributed by atoms with Gasteiger partial charge in [0.05, 0.1) is 30.8 Å². The van der Waals surface area contributed by atoms with Gasteiger partial charge in [-0.1, -0.05) is 0 Å². The number of rotatable bonds is 11. The molecule has 1 aliphatic carbocycles. The van der Waals surface area contributed by atoms with E-state index in [1.807, 2.05) is 0 Å². The third-order valence-corrected chi connectivity index (χ3v) is 7.62. The Morgan fingerprint density at radius 1 is 1.00 bits per heavy atom. The third-order valence-electron chi connectivity index (χ3n) is 7.62. The van der Waals surface area contributed by atoms with Gasteiger partial charge in [-0.3, -0.25) is 4.79 Å². The molecule has 14 atom stereocenters. The summed E-state index contributed by atoms with van der Waals surface area (Å²) in [6.07, 6.45) is -9.24. The first-order chi connectivity index (χ1) is 18.6. The fourth-order valence-corrected chi connectivity index (χ4v) is 5.27. The van der Waals surface area contributed by atoms with Crippen LogP contribution in [0.15, 0.2) is 0 Å². The molecule has 16 nitrogen and oxygen atoms in total. The summed E-state index contributed by atoms with van der Waals surface area (Å²) >= 11 is 0. The molecule has 2 heterocycles. The molecule has 3 fully saturated rings. The lowest BCUT2D eigenvalue weighted by Gasteiger charge is -2.49. The van der Waals surface area contributed by atoms with Gasteiger partial charge in [0.1, 0.15) is 42.7 Å². The molecule has 16 heteroatoms. The third kappa shape index (κ3) is 7.60. The van der Waals surface area contributed by atoms with Crippen LogP contribution in [-0.2, 0) is 28.5 Å². The average molecular weight is 567 g/mol. The van der Waals surface area contributed by atoms with Crippen molar-refractivity contribution < 1.29 is 48.9 Å². The number of ether oxygens (including phenoxy) is 5. The van der Waals surface area contributed by atoms with Crippen LogP contribution in [0.2, 0.25) is 0 Å². The van der Waals surface area contributed by atoms with Gasteiger partial charge in [0.2, 0.25) is 5.91 Å². The highest BCUT2D eigenvalue weighted by Crippen LogP contribution is 2.32. The van der Waals surface area contributed by atoms with Crippen molar-refractivity contribution in [3.8, 4) is 0 Å². The molecule has 0 aromatic heterocycles. The highest BCUT2D eigenvalue weighted by atomic mass is 16.7. The number of hydrogen-bond donors (Lipinski definition) is 10. The van der Waals surface area contributed by atoms with E-state index in [1.165, 1.54) is 7.11 Å². The van der Waals surface area contributed by atoms with E-state index >= 15 is 0 Å². The highest BCUT2D eigenvalue weighted by Gasteiger charge is 2.51. The fourth-order valence-electron chi connectivity index (χ4n) is 5.27.